The van der Waals surface area contributed by atoms with E-state index in [1.807, 2.05) is 19.9 Å². The maximum Gasteiger partial charge on any atom is 0.264 e. The third-order valence-corrected chi connectivity index (χ3v) is 3.72. The lowest BCUT2D eigenvalue weighted by Gasteiger charge is -2.19. The van der Waals surface area contributed by atoms with Crippen LogP contribution in [-0.4, -0.2) is 42.2 Å². The van der Waals surface area contributed by atoms with E-state index in [2.05, 4.69) is 11.8 Å². The predicted octanol–water partition coefficient (Wildman–Crippen LogP) is 1.21. The third-order valence-electron chi connectivity index (χ3n) is 2.58. The zero-order chi connectivity index (χ0) is 14.3. The van der Waals surface area contributed by atoms with Gasteiger partial charge in [-0.05, 0) is 25.0 Å². The number of nitrogens with two attached hydrogens (primary N) is 1. The van der Waals surface area contributed by atoms with E-state index in [4.69, 9.17) is 10.8 Å². The minimum Gasteiger partial charge on any atom is -0.395 e. The van der Waals surface area contributed by atoms with Crippen molar-refractivity contribution in [3.05, 3.63) is 21.4 Å². The number of hydrogen-bond acceptors (Lipinski definition) is 4. The lowest BCUT2D eigenvalue weighted by atomic mass is 10.2. The molecule has 0 atom stereocenters. The fourth-order valence-corrected chi connectivity index (χ4v) is 2.72. The summed E-state index contributed by atoms with van der Waals surface area (Å²) in [6.07, 6.45) is 0.871. The Morgan fingerprint density at radius 2 is 2.26 bits per heavy atom. The maximum absolute atomic E-state index is 12.3. The van der Waals surface area contributed by atoms with Gasteiger partial charge in [-0.15, -0.1) is 11.3 Å². The summed E-state index contributed by atoms with van der Waals surface area (Å²) in [4.78, 5) is 15.5. The normalized spacial score (nSPS) is 9.89. The van der Waals surface area contributed by atoms with E-state index in [0.29, 0.717) is 24.5 Å². The van der Waals surface area contributed by atoms with Crippen LogP contribution in [0.1, 0.15) is 33.5 Å². The van der Waals surface area contributed by atoms with Crippen molar-refractivity contribution in [2.24, 2.45) is 5.73 Å². The fraction of sp³-hybridized carbons (Fsp3) is 0.500. The molecule has 1 heterocycles. The van der Waals surface area contributed by atoms with E-state index in [-0.39, 0.29) is 12.5 Å². The van der Waals surface area contributed by atoms with Crippen LogP contribution in [0.15, 0.2) is 6.07 Å². The Balaban J connectivity index is 2.92. The number of aliphatic hydroxyl groups is 1. The number of amides is 1. The van der Waals surface area contributed by atoms with Crippen molar-refractivity contribution in [1.82, 2.24) is 4.90 Å². The lowest BCUT2D eigenvalue weighted by Crippen LogP contribution is -2.33. The first kappa shape index (κ1) is 15.7. The molecule has 0 aliphatic rings. The zero-order valence-corrected chi connectivity index (χ0v) is 12.2. The van der Waals surface area contributed by atoms with Crippen molar-refractivity contribution in [3.8, 4) is 11.8 Å². The van der Waals surface area contributed by atoms with Crippen LogP contribution in [0.2, 0.25) is 0 Å². The quantitative estimate of drug-likeness (QED) is 0.797. The molecule has 0 radical (unpaired) electrons. The Bertz CT molecular complexity index is 479. The van der Waals surface area contributed by atoms with Crippen LogP contribution < -0.4 is 5.73 Å². The summed E-state index contributed by atoms with van der Waals surface area (Å²) in [5.41, 5.74) is 6.34. The summed E-state index contributed by atoms with van der Waals surface area (Å²) >= 11 is 1.39. The van der Waals surface area contributed by atoms with Gasteiger partial charge in [-0.25, -0.2) is 0 Å². The van der Waals surface area contributed by atoms with Crippen molar-refractivity contribution in [2.45, 2.75) is 20.3 Å². The van der Waals surface area contributed by atoms with Crippen LogP contribution in [0.5, 0.6) is 0 Å². The lowest BCUT2D eigenvalue weighted by molar-refractivity contribution is 0.0727. The molecule has 1 aromatic rings. The summed E-state index contributed by atoms with van der Waals surface area (Å²) in [6.45, 7) is 5.26. The van der Waals surface area contributed by atoms with Gasteiger partial charge in [-0.1, -0.05) is 18.8 Å². The monoisotopic (exact) mass is 280 g/mol. The van der Waals surface area contributed by atoms with Crippen LogP contribution in [0.4, 0.5) is 0 Å². The number of aliphatic hydroxyl groups excluding tert-OH is 1. The SMILES string of the molecule is CCCN(CCO)C(=O)c1cc(C)c(C#CCN)s1. The topological polar surface area (TPSA) is 66.6 Å². The number of nitrogens with zero attached hydrogens (tertiary/aromatic N) is 1. The highest BCUT2D eigenvalue weighted by molar-refractivity contribution is 7.14. The molecule has 1 amide bonds. The summed E-state index contributed by atoms with van der Waals surface area (Å²) in [5, 5.41) is 9.01. The highest BCUT2D eigenvalue weighted by atomic mass is 32.1. The Morgan fingerprint density at radius 1 is 1.53 bits per heavy atom. The number of carbonyl (C=O) groups is 1. The summed E-state index contributed by atoms with van der Waals surface area (Å²) < 4.78 is 0. The minimum absolute atomic E-state index is 0.0179. The van der Waals surface area contributed by atoms with E-state index in [9.17, 15) is 4.79 Å². The van der Waals surface area contributed by atoms with E-state index >= 15 is 0 Å². The van der Waals surface area contributed by atoms with Crippen molar-refractivity contribution >= 4 is 17.2 Å². The van der Waals surface area contributed by atoms with Crippen LogP contribution in [0, 0.1) is 18.8 Å². The third kappa shape index (κ3) is 4.35. The molecule has 0 aliphatic heterocycles. The van der Waals surface area contributed by atoms with Crippen molar-refractivity contribution in [1.29, 1.82) is 0 Å². The molecule has 1 aromatic heterocycles. The second-order valence-corrected chi connectivity index (χ2v) is 5.20. The zero-order valence-electron chi connectivity index (χ0n) is 11.4. The van der Waals surface area contributed by atoms with E-state index in [1.165, 1.54) is 11.3 Å². The standard InChI is InChI=1S/C14H20N2O2S/c1-3-7-16(8-9-17)14(18)13-10-11(2)12(19-13)5-4-6-15/h10,17H,3,6-9,15H2,1-2H3. The molecule has 0 saturated carbocycles. The first-order chi connectivity index (χ1) is 9.13. The summed E-state index contributed by atoms with van der Waals surface area (Å²) in [7, 11) is 0. The molecular weight excluding hydrogens is 260 g/mol. The molecule has 0 spiro atoms. The number of rotatable bonds is 5. The Hall–Kier alpha value is -1.35. The van der Waals surface area contributed by atoms with Crippen LogP contribution in [0.25, 0.3) is 0 Å². The molecule has 0 aliphatic carbocycles. The number of aryl methyl sites for hydroxylation is 1. The Labute approximate surface area is 118 Å². The molecule has 0 fully saturated rings. The van der Waals surface area contributed by atoms with Gasteiger partial charge in [0.2, 0.25) is 0 Å². The first-order valence-electron chi connectivity index (χ1n) is 6.33. The number of thiophene rings is 1. The van der Waals surface area contributed by atoms with Gasteiger partial charge in [-0.2, -0.15) is 0 Å². The van der Waals surface area contributed by atoms with Crippen LogP contribution in [-0.2, 0) is 0 Å². The molecule has 104 valence electrons. The smallest absolute Gasteiger partial charge is 0.264 e. The van der Waals surface area contributed by atoms with Gasteiger partial charge in [0.05, 0.1) is 22.9 Å². The second-order valence-electron chi connectivity index (χ2n) is 4.14. The van der Waals surface area contributed by atoms with E-state index < -0.39 is 0 Å². The number of carbonyl (C=O) groups excluding carboxylic acids is 1. The average molecular weight is 280 g/mol. The molecule has 0 unspecified atom stereocenters. The van der Waals surface area contributed by atoms with Gasteiger partial charge in [-0.3, -0.25) is 4.79 Å². The first-order valence-corrected chi connectivity index (χ1v) is 7.15. The van der Waals surface area contributed by atoms with Crippen LogP contribution >= 0.6 is 11.3 Å². The van der Waals surface area contributed by atoms with Gasteiger partial charge >= 0.3 is 0 Å². The Kier molecular flexibility index (Phi) is 6.57. The largest absolute Gasteiger partial charge is 0.395 e. The molecular formula is C14H20N2O2S. The van der Waals surface area contributed by atoms with Crippen LogP contribution in [0.3, 0.4) is 0 Å². The van der Waals surface area contributed by atoms with E-state index in [0.717, 1.165) is 16.9 Å². The predicted molar refractivity (Wildman–Crippen MR) is 78.3 cm³/mol. The van der Waals surface area contributed by atoms with Gasteiger partial charge in [0.1, 0.15) is 0 Å². The molecule has 3 N–H and O–H groups in total. The molecule has 0 aromatic carbocycles. The molecule has 1 rings (SSSR count). The van der Waals surface area contributed by atoms with Gasteiger partial charge in [0.25, 0.3) is 5.91 Å². The maximum atomic E-state index is 12.3. The van der Waals surface area contributed by atoms with Crippen molar-refractivity contribution in [3.63, 3.8) is 0 Å². The fourth-order valence-electron chi connectivity index (χ4n) is 1.70. The molecule has 19 heavy (non-hydrogen) atoms. The summed E-state index contributed by atoms with van der Waals surface area (Å²) in [6, 6.07) is 1.85. The minimum atomic E-state index is -0.0372. The van der Waals surface area contributed by atoms with Gasteiger partial charge in [0, 0.05) is 13.1 Å². The summed E-state index contributed by atoms with van der Waals surface area (Å²) in [5.74, 6) is 5.74. The van der Waals surface area contributed by atoms with Gasteiger partial charge in [0.15, 0.2) is 0 Å². The van der Waals surface area contributed by atoms with Gasteiger partial charge < -0.3 is 15.7 Å². The Morgan fingerprint density at radius 3 is 2.84 bits per heavy atom. The second kappa shape index (κ2) is 7.95. The van der Waals surface area contributed by atoms with Crippen molar-refractivity contribution < 1.29 is 9.90 Å². The molecule has 5 heteroatoms. The van der Waals surface area contributed by atoms with Crippen molar-refractivity contribution in [2.75, 3.05) is 26.2 Å². The highest BCUT2D eigenvalue weighted by Gasteiger charge is 2.17. The average Bonchev–Trinajstić information content (AvgIpc) is 2.76. The molecule has 4 nitrogen and oxygen atoms in total. The molecule has 0 bridgehead atoms. The highest BCUT2D eigenvalue weighted by Crippen LogP contribution is 2.22. The number of hydrogen-bond donors (Lipinski definition) is 2. The van der Waals surface area contributed by atoms with E-state index in [1.54, 1.807) is 4.90 Å². The molecule has 0 saturated heterocycles.